The molecule has 0 fully saturated rings. The van der Waals surface area contributed by atoms with Gasteiger partial charge in [0.1, 0.15) is 5.58 Å². The molecule has 1 aromatic heterocycles. The first-order valence-electron chi connectivity index (χ1n) is 4.46. The highest BCUT2D eigenvalue weighted by Gasteiger charge is 2.13. The Balaban J connectivity index is 3.00. The van der Waals surface area contributed by atoms with Gasteiger partial charge in [-0.05, 0) is 37.1 Å². The van der Waals surface area contributed by atoms with Gasteiger partial charge >= 0.3 is 5.63 Å². The molecule has 2 rings (SSSR count). The van der Waals surface area contributed by atoms with E-state index in [0.29, 0.717) is 5.39 Å². The molecular formula is C11H10O4. The van der Waals surface area contributed by atoms with Gasteiger partial charge < -0.3 is 14.6 Å². The fourth-order valence-corrected chi connectivity index (χ4v) is 1.43. The molecule has 0 bridgehead atoms. The molecule has 0 saturated carbocycles. The van der Waals surface area contributed by atoms with Crippen molar-refractivity contribution < 1.29 is 14.6 Å². The number of hydrogen-bond donors (Lipinski definition) is 2. The fraction of sp³-hybridized carbons (Fsp3) is 0.182. The van der Waals surface area contributed by atoms with Crippen LogP contribution in [-0.2, 0) is 0 Å². The van der Waals surface area contributed by atoms with Crippen molar-refractivity contribution in [1.82, 2.24) is 0 Å². The zero-order valence-electron chi connectivity index (χ0n) is 8.37. The Morgan fingerprint density at radius 2 is 1.67 bits per heavy atom. The molecule has 0 atom stereocenters. The minimum atomic E-state index is -0.928. The van der Waals surface area contributed by atoms with E-state index in [1.54, 1.807) is 12.1 Å². The van der Waals surface area contributed by atoms with Crippen molar-refractivity contribution in [2.45, 2.75) is 13.8 Å². The Kier molecular flexibility index (Phi) is 1.93. The molecule has 0 aliphatic rings. The fourth-order valence-electron chi connectivity index (χ4n) is 1.43. The molecule has 2 N–H and O–H groups in total. The topological polar surface area (TPSA) is 70.7 Å². The molecule has 0 spiro atoms. The average molecular weight is 206 g/mol. The zero-order chi connectivity index (χ0) is 11.2. The summed E-state index contributed by atoms with van der Waals surface area (Å²) in [6.07, 6.45) is 0. The van der Waals surface area contributed by atoms with Crippen LogP contribution in [0.4, 0.5) is 0 Å². The lowest BCUT2D eigenvalue weighted by Gasteiger charge is -2.04. The first-order chi connectivity index (χ1) is 7.00. The molecule has 2 aromatic rings. The Morgan fingerprint density at radius 1 is 1.07 bits per heavy atom. The Morgan fingerprint density at radius 3 is 2.33 bits per heavy atom. The van der Waals surface area contributed by atoms with Crippen LogP contribution >= 0.6 is 0 Å². The van der Waals surface area contributed by atoms with Crippen LogP contribution in [-0.4, -0.2) is 10.2 Å². The predicted octanol–water partition coefficient (Wildman–Crippen LogP) is 1.82. The van der Waals surface area contributed by atoms with Crippen molar-refractivity contribution >= 4 is 11.0 Å². The molecule has 0 aliphatic carbocycles. The number of hydrogen-bond acceptors (Lipinski definition) is 4. The van der Waals surface area contributed by atoms with E-state index in [2.05, 4.69) is 0 Å². The van der Waals surface area contributed by atoms with Crippen LogP contribution in [0.25, 0.3) is 11.0 Å². The Labute approximate surface area is 85.4 Å². The summed E-state index contributed by atoms with van der Waals surface area (Å²) < 4.78 is 4.84. The van der Waals surface area contributed by atoms with Crippen LogP contribution in [0.3, 0.4) is 0 Å². The first kappa shape index (κ1) is 9.58. The molecule has 1 aromatic carbocycles. The summed E-state index contributed by atoms with van der Waals surface area (Å²) in [6.45, 7) is 3.75. The van der Waals surface area contributed by atoms with Crippen molar-refractivity contribution in [2.75, 3.05) is 0 Å². The van der Waals surface area contributed by atoms with Gasteiger partial charge in [-0.3, -0.25) is 0 Å². The maximum Gasteiger partial charge on any atom is 0.382 e. The molecule has 0 radical (unpaired) electrons. The SMILES string of the molecule is Cc1cc2oc(=O)c(O)c(O)c2cc1C. The predicted molar refractivity (Wildman–Crippen MR) is 55.3 cm³/mol. The lowest BCUT2D eigenvalue weighted by molar-refractivity contribution is 0.378. The van der Waals surface area contributed by atoms with E-state index in [9.17, 15) is 15.0 Å². The zero-order valence-corrected chi connectivity index (χ0v) is 8.37. The Bertz CT molecular complexity index is 596. The third-order valence-electron chi connectivity index (χ3n) is 2.47. The van der Waals surface area contributed by atoms with Crippen molar-refractivity contribution in [3.8, 4) is 11.5 Å². The monoisotopic (exact) mass is 206 g/mol. The number of fused-ring (bicyclic) bond motifs is 1. The second kappa shape index (κ2) is 3.02. The maximum absolute atomic E-state index is 11.1. The highest BCUT2D eigenvalue weighted by atomic mass is 16.4. The summed E-state index contributed by atoms with van der Waals surface area (Å²) in [5.41, 5.74) is 1.25. The number of rotatable bonds is 0. The Hall–Kier alpha value is -1.97. The second-order valence-corrected chi connectivity index (χ2v) is 3.52. The number of aromatic hydroxyl groups is 2. The summed E-state index contributed by atoms with van der Waals surface area (Å²) >= 11 is 0. The van der Waals surface area contributed by atoms with E-state index >= 15 is 0 Å². The van der Waals surface area contributed by atoms with Crippen molar-refractivity contribution in [2.24, 2.45) is 0 Å². The number of aryl methyl sites for hydroxylation is 2. The summed E-state index contributed by atoms with van der Waals surface area (Å²) in [5, 5.41) is 19.1. The van der Waals surface area contributed by atoms with E-state index in [4.69, 9.17) is 4.42 Å². The normalized spacial score (nSPS) is 10.8. The van der Waals surface area contributed by atoms with Gasteiger partial charge in [0, 0.05) is 0 Å². The first-order valence-corrected chi connectivity index (χ1v) is 4.46. The molecule has 4 heteroatoms. The largest absolute Gasteiger partial charge is 0.504 e. The number of benzene rings is 1. The van der Waals surface area contributed by atoms with E-state index < -0.39 is 17.1 Å². The van der Waals surface area contributed by atoms with Crippen LogP contribution < -0.4 is 5.63 Å². The highest BCUT2D eigenvalue weighted by Crippen LogP contribution is 2.31. The van der Waals surface area contributed by atoms with Gasteiger partial charge in [0.05, 0.1) is 5.39 Å². The molecule has 0 amide bonds. The molecule has 0 unspecified atom stereocenters. The average Bonchev–Trinajstić information content (AvgIpc) is 2.19. The quantitative estimate of drug-likeness (QED) is 0.645. The van der Waals surface area contributed by atoms with E-state index in [-0.39, 0.29) is 5.58 Å². The van der Waals surface area contributed by atoms with Gasteiger partial charge in [0.25, 0.3) is 0 Å². The van der Waals surface area contributed by atoms with Crippen LogP contribution in [0, 0.1) is 13.8 Å². The molecular weight excluding hydrogens is 196 g/mol. The van der Waals surface area contributed by atoms with E-state index in [1.807, 2.05) is 13.8 Å². The summed E-state index contributed by atoms with van der Waals surface area (Å²) in [4.78, 5) is 11.1. The lowest BCUT2D eigenvalue weighted by Crippen LogP contribution is -1.98. The van der Waals surface area contributed by atoms with Crippen LogP contribution in [0.5, 0.6) is 11.5 Å². The van der Waals surface area contributed by atoms with Gasteiger partial charge in [-0.25, -0.2) is 4.79 Å². The summed E-state index contributed by atoms with van der Waals surface area (Å²) in [6, 6.07) is 3.33. The van der Waals surface area contributed by atoms with Gasteiger partial charge in [-0.2, -0.15) is 0 Å². The second-order valence-electron chi connectivity index (χ2n) is 3.52. The summed E-state index contributed by atoms with van der Waals surface area (Å²) in [7, 11) is 0. The van der Waals surface area contributed by atoms with Crippen molar-refractivity contribution in [3.05, 3.63) is 33.7 Å². The third-order valence-corrected chi connectivity index (χ3v) is 2.47. The lowest BCUT2D eigenvalue weighted by atomic mass is 10.1. The highest BCUT2D eigenvalue weighted by molar-refractivity contribution is 5.86. The van der Waals surface area contributed by atoms with Gasteiger partial charge in [0.15, 0.2) is 5.75 Å². The molecule has 15 heavy (non-hydrogen) atoms. The minimum Gasteiger partial charge on any atom is -0.504 e. The van der Waals surface area contributed by atoms with Crippen LogP contribution in [0.1, 0.15) is 11.1 Å². The summed E-state index contributed by atoms with van der Waals surface area (Å²) in [5.74, 6) is -1.17. The molecule has 78 valence electrons. The smallest absolute Gasteiger partial charge is 0.382 e. The van der Waals surface area contributed by atoms with Crippen molar-refractivity contribution in [1.29, 1.82) is 0 Å². The van der Waals surface area contributed by atoms with E-state index in [1.165, 1.54) is 0 Å². The maximum atomic E-state index is 11.1. The van der Waals surface area contributed by atoms with E-state index in [0.717, 1.165) is 11.1 Å². The molecule has 1 heterocycles. The third kappa shape index (κ3) is 1.34. The van der Waals surface area contributed by atoms with Crippen LogP contribution in [0.2, 0.25) is 0 Å². The molecule has 0 aliphatic heterocycles. The molecule has 4 nitrogen and oxygen atoms in total. The van der Waals surface area contributed by atoms with Gasteiger partial charge in [0.2, 0.25) is 5.75 Å². The minimum absolute atomic E-state index is 0.276. The van der Waals surface area contributed by atoms with Gasteiger partial charge in [-0.15, -0.1) is 0 Å². The van der Waals surface area contributed by atoms with Gasteiger partial charge in [-0.1, -0.05) is 0 Å². The molecule has 0 saturated heterocycles. The standard InChI is InChI=1S/C11H10O4/c1-5-3-7-8(4-6(5)2)15-11(14)10(13)9(7)12/h3-4,12-13H,1-2H3. The van der Waals surface area contributed by atoms with Crippen molar-refractivity contribution in [3.63, 3.8) is 0 Å². The van der Waals surface area contributed by atoms with Crippen LogP contribution in [0.15, 0.2) is 21.3 Å².